The normalized spacial score (nSPS) is 10.4. The lowest BCUT2D eigenvalue weighted by Crippen LogP contribution is -2.03. The molecular weight excluding hydrogens is 250 g/mol. The van der Waals surface area contributed by atoms with Crippen LogP contribution in [0, 0.1) is 13.8 Å². The molecular formula is C13H16ClN3O. The van der Waals surface area contributed by atoms with Crippen LogP contribution in [0.2, 0.25) is 5.02 Å². The molecule has 2 aromatic rings. The van der Waals surface area contributed by atoms with E-state index in [9.17, 15) is 0 Å². The first kappa shape index (κ1) is 12.8. The summed E-state index contributed by atoms with van der Waals surface area (Å²) in [4.78, 5) is 0. The molecule has 0 radical (unpaired) electrons. The van der Waals surface area contributed by atoms with Crippen LogP contribution in [0.3, 0.4) is 0 Å². The van der Waals surface area contributed by atoms with Gasteiger partial charge in [0.05, 0.1) is 18.5 Å². The van der Waals surface area contributed by atoms with E-state index < -0.39 is 0 Å². The Morgan fingerprint density at radius 3 is 2.78 bits per heavy atom. The number of H-pyrrole nitrogens is 1. The van der Waals surface area contributed by atoms with Crippen molar-refractivity contribution in [1.29, 1.82) is 0 Å². The second-order valence-electron chi connectivity index (χ2n) is 4.11. The van der Waals surface area contributed by atoms with Gasteiger partial charge >= 0.3 is 0 Å². The third-order valence-electron chi connectivity index (χ3n) is 2.90. The number of aromatic amines is 1. The van der Waals surface area contributed by atoms with E-state index in [1.807, 2.05) is 26.0 Å². The molecule has 0 fully saturated rings. The van der Waals surface area contributed by atoms with Crippen molar-refractivity contribution < 1.29 is 4.74 Å². The van der Waals surface area contributed by atoms with Crippen LogP contribution in [-0.4, -0.2) is 17.3 Å². The van der Waals surface area contributed by atoms with Crippen LogP contribution in [-0.2, 0) is 6.54 Å². The van der Waals surface area contributed by atoms with E-state index in [0.29, 0.717) is 11.6 Å². The third-order valence-corrected chi connectivity index (χ3v) is 3.13. The zero-order valence-corrected chi connectivity index (χ0v) is 11.4. The molecule has 0 unspecified atom stereocenters. The molecule has 0 atom stereocenters. The molecule has 4 nitrogen and oxygen atoms in total. The summed E-state index contributed by atoms with van der Waals surface area (Å²) >= 11 is 5.98. The first-order valence-corrected chi connectivity index (χ1v) is 6.07. The van der Waals surface area contributed by atoms with Gasteiger partial charge in [0.2, 0.25) is 0 Å². The van der Waals surface area contributed by atoms with Crippen molar-refractivity contribution in [2.45, 2.75) is 20.4 Å². The number of hydrogen-bond acceptors (Lipinski definition) is 3. The minimum absolute atomic E-state index is 0.680. The number of benzene rings is 1. The highest BCUT2D eigenvalue weighted by Gasteiger charge is 2.08. The maximum atomic E-state index is 5.98. The number of rotatable bonds is 4. The van der Waals surface area contributed by atoms with Gasteiger partial charge in [0.25, 0.3) is 0 Å². The Balaban J connectivity index is 2.17. The minimum Gasteiger partial charge on any atom is -0.495 e. The van der Waals surface area contributed by atoms with Crippen molar-refractivity contribution in [3.63, 3.8) is 0 Å². The van der Waals surface area contributed by atoms with Crippen LogP contribution in [0.25, 0.3) is 0 Å². The molecule has 0 aliphatic rings. The van der Waals surface area contributed by atoms with Crippen molar-refractivity contribution in [3.05, 3.63) is 40.2 Å². The Labute approximate surface area is 111 Å². The second kappa shape index (κ2) is 5.31. The highest BCUT2D eigenvalue weighted by molar-refractivity contribution is 6.30. The molecule has 0 spiro atoms. The molecule has 0 aliphatic heterocycles. The highest BCUT2D eigenvalue weighted by Crippen LogP contribution is 2.28. The summed E-state index contributed by atoms with van der Waals surface area (Å²) in [6.45, 7) is 4.67. The summed E-state index contributed by atoms with van der Waals surface area (Å²) in [6.07, 6.45) is 0. The quantitative estimate of drug-likeness (QED) is 0.892. The Bertz CT molecular complexity index is 532. The molecule has 1 aromatic heterocycles. The number of hydrogen-bond donors (Lipinski definition) is 2. The largest absolute Gasteiger partial charge is 0.495 e. The van der Waals surface area contributed by atoms with Crippen LogP contribution >= 0.6 is 11.6 Å². The van der Waals surface area contributed by atoms with Crippen molar-refractivity contribution >= 4 is 17.3 Å². The average Bonchev–Trinajstić information content (AvgIpc) is 2.67. The highest BCUT2D eigenvalue weighted by atomic mass is 35.5. The van der Waals surface area contributed by atoms with E-state index in [2.05, 4.69) is 15.5 Å². The summed E-state index contributed by atoms with van der Waals surface area (Å²) in [6, 6.07) is 5.50. The SMILES string of the molecule is COc1ccc(Cl)cc1NCc1c(C)n[nH]c1C. The number of ether oxygens (including phenoxy) is 1. The topological polar surface area (TPSA) is 49.9 Å². The first-order chi connectivity index (χ1) is 8.61. The zero-order valence-electron chi connectivity index (χ0n) is 10.7. The van der Waals surface area contributed by atoms with Crippen LogP contribution in [0.15, 0.2) is 18.2 Å². The summed E-state index contributed by atoms with van der Waals surface area (Å²) < 4.78 is 5.29. The van der Waals surface area contributed by atoms with Crippen molar-refractivity contribution in [1.82, 2.24) is 10.2 Å². The fourth-order valence-corrected chi connectivity index (χ4v) is 2.01. The Morgan fingerprint density at radius 2 is 2.17 bits per heavy atom. The molecule has 2 rings (SSSR count). The van der Waals surface area contributed by atoms with Gasteiger partial charge in [-0.2, -0.15) is 5.10 Å². The standard InChI is InChI=1S/C13H16ClN3O/c1-8-11(9(2)17-16-8)7-15-12-6-10(14)4-5-13(12)18-3/h4-6,15H,7H2,1-3H3,(H,16,17). The minimum atomic E-state index is 0.680. The van der Waals surface area contributed by atoms with E-state index in [4.69, 9.17) is 16.3 Å². The van der Waals surface area contributed by atoms with Crippen molar-refractivity contribution in [2.75, 3.05) is 12.4 Å². The summed E-state index contributed by atoms with van der Waals surface area (Å²) in [5, 5.41) is 11.1. The van der Waals surface area contributed by atoms with E-state index >= 15 is 0 Å². The predicted molar refractivity (Wildman–Crippen MR) is 73.4 cm³/mol. The fraction of sp³-hybridized carbons (Fsp3) is 0.308. The molecule has 0 amide bonds. The van der Waals surface area contributed by atoms with Crippen molar-refractivity contribution in [3.8, 4) is 5.75 Å². The number of nitrogens with zero attached hydrogens (tertiary/aromatic N) is 1. The molecule has 0 saturated heterocycles. The lowest BCUT2D eigenvalue weighted by atomic mass is 10.2. The van der Waals surface area contributed by atoms with Gasteiger partial charge in [-0.05, 0) is 32.0 Å². The van der Waals surface area contributed by atoms with Crippen LogP contribution in [0.4, 0.5) is 5.69 Å². The average molecular weight is 266 g/mol. The van der Waals surface area contributed by atoms with Gasteiger partial charge < -0.3 is 10.1 Å². The van der Waals surface area contributed by atoms with Crippen LogP contribution in [0.5, 0.6) is 5.75 Å². The van der Waals surface area contributed by atoms with Crippen molar-refractivity contribution in [2.24, 2.45) is 0 Å². The fourth-order valence-electron chi connectivity index (χ4n) is 1.84. The molecule has 2 N–H and O–H groups in total. The van der Waals surface area contributed by atoms with Gasteiger partial charge in [0.1, 0.15) is 5.75 Å². The summed E-state index contributed by atoms with van der Waals surface area (Å²) in [5.41, 5.74) is 4.11. The maximum absolute atomic E-state index is 5.98. The third kappa shape index (κ3) is 2.59. The molecule has 18 heavy (non-hydrogen) atoms. The molecule has 96 valence electrons. The lowest BCUT2D eigenvalue weighted by Gasteiger charge is -2.11. The Hall–Kier alpha value is -1.68. The summed E-state index contributed by atoms with van der Waals surface area (Å²) in [7, 11) is 1.64. The van der Waals surface area contributed by atoms with Crippen LogP contribution < -0.4 is 10.1 Å². The monoisotopic (exact) mass is 265 g/mol. The van der Waals surface area contributed by atoms with E-state index in [1.54, 1.807) is 13.2 Å². The Morgan fingerprint density at radius 1 is 1.39 bits per heavy atom. The number of anilines is 1. The van der Waals surface area contributed by atoms with Crippen LogP contribution in [0.1, 0.15) is 17.0 Å². The molecule has 0 bridgehead atoms. The molecule has 1 aromatic carbocycles. The number of aryl methyl sites for hydroxylation is 2. The number of aromatic nitrogens is 2. The predicted octanol–water partition coefficient (Wildman–Crippen LogP) is 3.30. The van der Waals surface area contributed by atoms with Gasteiger partial charge in [0.15, 0.2) is 0 Å². The molecule has 1 heterocycles. The van der Waals surface area contributed by atoms with Gasteiger partial charge in [-0.15, -0.1) is 0 Å². The van der Waals surface area contributed by atoms with Gasteiger partial charge in [0, 0.05) is 22.8 Å². The number of methoxy groups -OCH3 is 1. The lowest BCUT2D eigenvalue weighted by molar-refractivity contribution is 0.416. The van der Waals surface area contributed by atoms with E-state index in [0.717, 1.165) is 28.4 Å². The van der Waals surface area contributed by atoms with Gasteiger partial charge in [-0.25, -0.2) is 0 Å². The number of nitrogens with one attached hydrogen (secondary N) is 2. The smallest absolute Gasteiger partial charge is 0.142 e. The zero-order chi connectivity index (χ0) is 13.1. The molecule has 0 saturated carbocycles. The van der Waals surface area contributed by atoms with E-state index in [-0.39, 0.29) is 0 Å². The molecule has 5 heteroatoms. The summed E-state index contributed by atoms with van der Waals surface area (Å²) in [5.74, 6) is 0.776. The van der Waals surface area contributed by atoms with Gasteiger partial charge in [-0.1, -0.05) is 11.6 Å². The van der Waals surface area contributed by atoms with E-state index in [1.165, 1.54) is 0 Å². The maximum Gasteiger partial charge on any atom is 0.142 e. The Kier molecular flexibility index (Phi) is 3.77. The second-order valence-corrected chi connectivity index (χ2v) is 4.55. The van der Waals surface area contributed by atoms with Gasteiger partial charge in [-0.3, -0.25) is 5.10 Å². The molecule has 0 aliphatic carbocycles. The first-order valence-electron chi connectivity index (χ1n) is 5.69. The number of halogens is 1.